The van der Waals surface area contributed by atoms with Crippen LogP contribution in [0.2, 0.25) is 0 Å². The van der Waals surface area contributed by atoms with Gasteiger partial charge in [-0.3, -0.25) is 4.79 Å². The lowest BCUT2D eigenvalue weighted by Gasteiger charge is -2.22. The predicted molar refractivity (Wildman–Crippen MR) is 144 cm³/mol. The second-order valence-corrected chi connectivity index (χ2v) is 10.1. The van der Waals surface area contributed by atoms with Crippen LogP contribution in [0.4, 0.5) is 0 Å². The third kappa shape index (κ3) is 31.6. The summed E-state index contributed by atoms with van der Waals surface area (Å²) in [7, 11) is 0. The molecule has 0 aromatic heterocycles. The number of hydrogen-bond acceptors (Lipinski definition) is 2. The average Bonchev–Trinajstić information content (AvgIpc) is 2.74. The van der Waals surface area contributed by atoms with Crippen molar-refractivity contribution in [3.63, 3.8) is 0 Å². The monoisotopic (exact) mass is 455 g/mol. The minimum absolute atomic E-state index is 0.275. The number of hydrogen-bond donors (Lipinski definition) is 1. The van der Waals surface area contributed by atoms with E-state index in [9.17, 15) is 4.79 Å². The summed E-state index contributed by atoms with van der Waals surface area (Å²) in [5.74, 6) is -0.438. The van der Waals surface area contributed by atoms with Crippen molar-refractivity contribution in [2.45, 2.75) is 157 Å². The predicted octanol–water partition coefficient (Wildman–Crippen LogP) is 9.49. The van der Waals surface area contributed by atoms with E-state index in [0.717, 1.165) is 0 Å². The first-order chi connectivity index (χ1) is 15.5. The van der Waals surface area contributed by atoms with Crippen LogP contribution in [0.15, 0.2) is 0 Å². The molecule has 0 spiro atoms. The Morgan fingerprint density at radius 1 is 0.562 bits per heavy atom. The van der Waals surface area contributed by atoms with Gasteiger partial charge in [-0.1, -0.05) is 131 Å². The van der Waals surface area contributed by atoms with Gasteiger partial charge in [0.2, 0.25) is 0 Å². The van der Waals surface area contributed by atoms with Crippen molar-refractivity contribution in [3.8, 4) is 0 Å². The van der Waals surface area contributed by atoms with Gasteiger partial charge in [0.25, 0.3) is 0 Å². The van der Waals surface area contributed by atoms with Gasteiger partial charge in [-0.25, -0.2) is 0 Å². The molecule has 0 radical (unpaired) electrons. The van der Waals surface area contributed by atoms with Crippen molar-refractivity contribution in [1.82, 2.24) is 4.90 Å². The SMILES string of the molecule is CC(C)CC(=O)O.CCCCCCCCN(CCCCCCCC)CCCCCCCC. The van der Waals surface area contributed by atoms with Crippen LogP contribution in [0.5, 0.6) is 0 Å². The van der Waals surface area contributed by atoms with Gasteiger partial charge in [-0.05, 0) is 44.8 Å². The van der Waals surface area contributed by atoms with Crippen molar-refractivity contribution >= 4 is 5.97 Å². The van der Waals surface area contributed by atoms with E-state index < -0.39 is 5.97 Å². The van der Waals surface area contributed by atoms with Crippen molar-refractivity contribution in [3.05, 3.63) is 0 Å². The highest BCUT2D eigenvalue weighted by Gasteiger charge is 2.05. The fraction of sp³-hybridized carbons (Fsp3) is 0.966. The maximum Gasteiger partial charge on any atom is 0.303 e. The number of unbranched alkanes of at least 4 members (excludes halogenated alkanes) is 15. The zero-order chi connectivity index (χ0) is 24.3. The van der Waals surface area contributed by atoms with Gasteiger partial charge >= 0.3 is 5.97 Å². The van der Waals surface area contributed by atoms with E-state index in [2.05, 4.69) is 25.7 Å². The Kier molecular flexibility index (Phi) is 29.9. The van der Waals surface area contributed by atoms with Gasteiger partial charge in [0.1, 0.15) is 0 Å². The summed E-state index contributed by atoms with van der Waals surface area (Å²) in [6, 6.07) is 0. The van der Waals surface area contributed by atoms with E-state index in [0.29, 0.717) is 0 Å². The summed E-state index contributed by atoms with van der Waals surface area (Å²) < 4.78 is 0. The molecule has 32 heavy (non-hydrogen) atoms. The summed E-state index contributed by atoms with van der Waals surface area (Å²) in [5, 5.41) is 8.08. The van der Waals surface area contributed by atoms with Gasteiger partial charge < -0.3 is 10.0 Å². The molecule has 0 aromatic rings. The second-order valence-electron chi connectivity index (χ2n) is 10.1. The lowest BCUT2D eigenvalue weighted by atomic mass is 10.1. The standard InChI is InChI=1S/C24H51N.C5H10O2/c1-4-7-10-13-16-19-22-25(23-20-17-14-11-8-5-2)24-21-18-15-12-9-6-3;1-4(2)3-5(6)7/h4-24H2,1-3H3;4H,3H2,1-2H3,(H,6,7). The Labute approximate surface area is 203 Å². The smallest absolute Gasteiger partial charge is 0.303 e. The quantitative estimate of drug-likeness (QED) is 0.156. The fourth-order valence-electron chi connectivity index (χ4n) is 4.03. The molecule has 0 aliphatic heterocycles. The van der Waals surface area contributed by atoms with Crippen LogP contribution in [0.3, 0.4) is 0 Å². The third-order valence-electron chi connectivity index (χ3n) is 6.07. The molecule has 0 aromatic carbocycles. The van der Waals surface area contributed by atoms with E-state index in [-0.39, 0.29) is 12.3 Å². The molecule has 0 unspecified atom stereocenters. The fourth-order valence-corrected chi connectivity index (χ4v) is 4.03. The van der Waals surface area contributed by atoms with E-state index in [1.165, 1.54) is 135 Å². The number of aliphatic carboxylic acids is 1. The van der Waals surface area contributed by atoms with Crippen LogP contribution in [-0.4, -0.2) is 35.6 Å². The molecule has 0 fully saturated rings. The van der Waals surface area contributed by atoms with Crippen LogP contribution in [0.25, 0.3) is 0 Å². The summed E-state index contributed by atoms with van der Waals surface area (Å²) in [4.78, 5) is 12.6. The molecule has 0 atom stereocenters. The molecule has 0 bridgehead atoms. The molecule has 194 valence electrons. The lowest BCUT2D eigenvalue weighted by Crippen LogP contribution is -2.27. The molecule has 3 heteroatoms. The topological polar surface area (TPSA) is 40.5 Å². The highest BCUT2D eigenvalue weighted by molar-refractivity contribution is 5.66. The van der Waals surface area contributed by atoms with Gasteiger partial charge in [-0.15, -0.1) is 0 Å². The lowest BCUT2D eigenvalue weighted by molar-refractivity contribution is -0.137. The summed E-state index contributed by atoms with van der Waals surface area (Å²) in [6.07, 6.45) is 26.0. The molecule has 0 saturated carbocycles. The van der Waals surface area contributed by atoms with Gasteiger partial charge in [0.15, 0.2) is 0 Å². The Morgan fingerprint density at radius 3 is 1.06 bits per heavy atom. The Bertz CT molecular complexity index is 319. The largest absolute Gasteiger partial charge is 0.481 e. The zero-order valence-electron chi connectivity index (χ0n) is 22.9. The van der Waals surface area contributed by atoms with Gasteiger partial charge in [-0.2, -0.15) is 0 Å². The number of carboxylic acid groups (broad SMARTS) is 1. The molecule has 1 N–H and O–H groups in total. The maximum atomic E-state index is 9.81. The van der Waals surface area contributed by atoms with E-state index in [4.69, 9.17) is 5.11 Å². The number of rotatable bonds is 23. The van der Waals surface area contributed by atoms with Gasteiger partial charge in [0.05, 0.1) is 0 Å². The molecule has 0 saturated heterocycles. The first-order valence-electron chi connectivity index (χ1n) is 14.4. The second kappa shape index (κ2) is 28.5. The highest BCUT2D eigenvalue weighted by atomic mass is 16.4. The normalized spacial score (nSPS) is 11.1. The minimum atomic E-state index is -0.713. The molecule has 0 aliphatic rings. The summed E-state index contributed by atoms with van der Waals surface area (Å²) in [5.41, 5.74) is 0. The Hall–Kier alpha value is -0.570. The molecule has 0 heterocycles. The molecular weight excluding hydrogens is 394 g/mol. The first kappa shape index (κ1) is 33.6. The van der Waals surface area contributed by atoms with E-state index >= 15 is 0 Å². The molecular formula is C29H61NO2. The Balaban J connectivity index is 0. The van der Waals surface area contributed by atoms with Crippen LogP contribution >= 0.6 is 0 Å². The molecule has 3 nitrogen and oxygen atoms in total. The molecule has 0 rings (SSSR count). The van der Waals surface area contributed by atoms with Crippen LogP contribution in [0, 0.1) is 5.92 Å². The van der Waals surface area contributed by atoms with Crippen LogP contribution in [0.1, 0.15) is 157 Å². The Morgan fingerprint density at radius 2 is 0.844 bits per heavy atom. The van der Waals surface area contributed by atoms with E-state index in [1.54, 1.807) is 0 Å². The summed E-state index contributed by atoms with van der Waals surface area (Å²) in [6.45, 7) is 14.8. The maximum absolute atomic E-state index is 9.81. The number of nitrogens with zero attached hydrogens (tertiary/aromatic N) is 1. The van der Waals surface area contributed by atoms with Gasteiger partial charge in [0, 0.05) is 6.42 Å². The van der Waals surface area contributed by atoms with Crippen molar-refractivity contribution in [2.75, 3.05) is 19.6 Å². The third-order valence-corrected chi connectivity index (χ3v) is 6.07. The zero-order valence-corrected chi connectivity index (χ0v) is 22.9. The average molecular weight is 456 g/mol. The summed E-state index contributed by atoms with van der Waals surface area (Å²) >= 11 is 0. The van der Waals surface area contributed by atoms with Crippen LogP contribution in [-0.2, 0) is 4.79 Å². The van der Waals surface area contributed by atoms with Crippen molar-refractivity contribution in [2.24, 2.45) is 5.92 Å². The van der Waals surface area contributed by atoms with Crippen molar-refractivity contribution < 1.29 is 9.90 Å². The van der Waals surface area contributed by atoms with Crippen LogP contribution < -0.4 is 0 Å². The molecule has 0 aliphatic carbocycles. The number of carbonyl (C=O) groups is 1. The van der Waals surface area contributed by atoms with Crippen molar-refractivity contribution in [1.29, 1.82) is 0 Å². The first-order valence-corrected chi connectivity index (χ1v) is 14.4. The highest BCUT2D eigenvalue weighted by Crippen LogP contribution is 2.11. The van der Waals surface area contributed by atoms with E-state index in [1.807, 2.05) is 13.8 Å². The number of carboxylic acids is 1. The minimum Gasteiger partial charge on any atom is -0.481 e. The molecule has 0 amide bonds.